The van der Waals surface area contributed by atoms with E-state index in [1.54, 1.807) is 12.1 Å². The molecule has 0 aromatic heterocycles. The van der Waals surface area contributed by atoms with Gasteiger partial charge in [-0.3, -0.25) is 10.1 Å². The van der Waals surface area contributed by atoms with Crippen LogP contribution in [0.1, 0.15) is 30.9 Å². The number of nitrogens with one attached hydrogen (secondary N) is 1. The molecule has 0 spiro atoms. The van der Waals surface area contributed by atoms with E-state index in [4.69, 9.17) is 0 Å². The molecule has 0 aliphatic rings. The van der Waals surface area contributed by atoms with Gasteiger partial charge in [-0.15, -0.1) is 0 Å². The first-order valence-corrected chi connectivity index (χ1v) is 7.82. The van der Waals surface area contributed by atoms with Gasteiger partial charge < -0.3 is 5.32 Å². The number of hydrogen-bond donors (Lipinski definition) is 1. The minimum Gasteiger partial charge on any atom is -0.375 e. The summed E-state index contributed by atoms with van der Waals surface area (Å²) in [6.45, 7) is 4.88. The molecule has 0 saturated heterocycles. The quantitative estimate of drug-likeness (QED) is 0.443. The van der Waals surface area contributed by atoms with Crippen molar-refractivity contribution in [2.75, 3.05) is 5.32 Å². The van der Waals surface area contributed by atoms with Gasteiger partial charge in [0.2, 0.25) is 0 Å². The molecule has 0 amide bonds. The van der Waals surface area contributed by atoms with E-state index in [2.05, 4.69) is 66.0 Å². The van der Waals surface area contributed by atoms with Crippen LogP contribution in [-0.4, -0.2) is 4.92 Å². The van der Waals surface area contributed by atoms with Gasteiger partial charge >= 0.3 is 0 Å². The van der Waals surface area contributed by atoms with Gasteiger partial charge in [0.1, 0.15) is 5.69 Å². The number of nitro groups is 1. The highest BCUT2D eigenvalue weighted by atomic mass is 127. The monoisotopic (exact) mass is 396 g/mol. The van der Waals surface area contributed by atoms with E-state index in [9.17, 15) is 10.1 Å². The lowest BCUT2D eigenvalue weighted by Crippen LogP contribution is -2.03. The fourth-order valence-electron chi connectivity index (χ4n) is 2.02. The molecule has 1 N–H and O–H groups in total. The van der Waals surface area contributed by atoms with E-state index in [0.29, 0.717) is 18.2 Å². The number of halogens is 1. The fraction of sp³-hybridized carbons (Fsp3) is 0.250. The van der Waals surface area contributed by atoms with E-state index >= 15 is 0 Å². The molecule has 5 heteroatoms. The van der Waals surface area contributed by atoms with E-state index in [1.165, 1.54) is 5.56 Å². The maximum absolute atomic E-state index is 11.1. The minimum absolute atomic E-state index is 0.112. The third-order valence-corrected chi connectivity index (χ3v) is 3.96. The van der Waals surface area contributed by atoms with Crippen molar-refractivity contribution in [3.63, 3.8) is 0 Å². The molecule has 0 bridgehead atoms. The second kappa shape index (κ2) is 6.89. The lowest BCUT2D eigenvalue weighted by molar-refractivity contribution is -0.384. The Labute approximate surface area is 137 Å². The van der Waals surface area contributed by atoms with Gasteiger partial charge in [0.25, 0.3) is 5.69 Å². The summed E-state index contributed by atoms with van der Waals surface area (Å²) in [5, 5.41) is 14.2. The van der Waals surface area contributed by atoms with Crippen LogP contribution in [0.15, 0.2) is 42.5 Å². The Morgan fingerprint density at radius 1 is 1.19 bits per heavy atom. The molecule has 2 aromatic rings. The number of hydrogen-bond acceptors (Lipinski definition) is 3. The Morgan fingerprint density at radius 2 is 1.86 bits per heavy atom. The van der Waals surface area contributed by atoms with Gasteiger partial charge in [-0.05, 0) is 51.8 Å². The van der Waals surface area contributed by atoms with Crippen LogP contribution in [0.3, 0.4) is 0 Å². The highest BCUT2D eigenvalue weighted by Crippen LogP contribution is 2.26. The molecule has 21 heavy (non-hydrogen) atoms. The van der Waals surface area contributed by atoms with Crippen LogP contribution in [-0.2, 0) is 6.54 Å². The molecule has 4 nitrogen and oxygen atoms in total. The van der Waals surface area contributed by atoms with Crippen LogP contribution >= 0.6 is 22.6 Å². The van der Waals surface area contributed by atoms with Crippen LogP contribution in [0.5, 0.6) is 0 Å². The van der Waals surface area contributed by atoms with Crippen molar-refractivity contribution in [3.05, 3.63) is 67.3 Å². The molecule has 0 heterocycles. The Morgan fingerprint density at radius 3 is 2.43 bits per heavy atom. The maximum Gasteiger partial charge on any atom is 0.293 e. The average Bonchev–Trinajstić information content (AvgIpc) is 2.46. The van der Waals surface area contributed by atoms with Crippen LogP contribution in [0, 0.1) is 13.7 Å². The molecule has 0 fully saturated rings. The first-order valence-electron chi connectivity index (χ1n) is 6.74. The zero-order valence-corrected chi connectivity index (χ0v) is 14.1. The standard InChI is InChI=1S/C16H17IN2O2/c1-11(2)13-5-3-12(4-6-13)10-18-15-8-7-14(17)9-16(15)19(20)21/h3-9,11,18H,10H2,1-2H3. The van der Waals surface area contributed by atoms with Crippen molar-refractivity contribution >= 4 is 34.0 Å². The molecule has 0 aliphatic carbocycles. The summed E-state index contributed by atoms with van der Waals surface area (Å²) in [6, 6.07) is 13.5. The zero-order chi connectivity index (χ0) is 15.4. The van der Waals surface area contributed by atoms with Crippen molar-refractivity contribution in [1.82, 2.24) is 0 Å². The van der Waals surface area contributed by atoms with Crippen molar-refractivity contribution < 1.29 is 4.92 Å². The average molecular weight is 396 g/mol. The molecule has 0 radical (unpaired) electrons. The van der Waals surface area contributed by atoms with Crippen molar-refractivity contribution in [2.24, 2.45) is 0 Å². The van der Waals surface area contributed by atoms with E-state index in [0.717, 1.165) is 9.13 Å². The predicted octanol–water partition coefficient (Wildman–Crippen LogP) is 4.93. The normalized spacial score (nSPS) is 10.7. The minimum atomic E-state index is -0.355. The summed E-state index contributed by atoms with van der Waals surface area (Å²) in [4.78, 5) is 10.7. The summed E-state index contributed by atoms with van der Waals surface area (Å²) in [7, 11) is 0. The molecule has 0 unspecified atom stereocenters. The Hall–Kier alpha value is -1.63. The molecular weight excluding hydrogens is 379 g/mol. The molecule has 0 saturated carbocycles. The third-order valence-electron chi connectivity index (χ3n) is 3.29. The first kappa shape index (κ1) is 15.8. The molecule has 0 atom stereocenters. The van der Waals surface area contributed by atoms with Crippen molar-refractivity contribution in [3.8, 4) is 0 Å². The van der Waals surface area contributed by atoms with Gasteiger partial charge in [-0.2, -0.15) is 0 Å². The summed E-state index contributed by atoms with van der Waals surface area (Å²) >= 11 is 2.07. The van der Waals surface area contributed by atoms with E-state index in [1.807, 2.05) is 6.07 Å². The molecular formula is C16H17IN2O2. The molecule has 0 aliphatic heterocycles. The largest absolute Gasteiger partial charge is 0.375 e. The number of benzene rings is 2. The number of rotatable bonds is 5. The topological polar surface area (TPSA) is 55.2 Å². The Bertz CT molecular complexity index is 639. The van der Waals surface area contributed by atoms with Gasteiger partial charge in [-0.25, -0.2) is 0 Å². The highest BCUT2D eigenvalue weighted by Gasteiger charge is 2.13. The number of nitrogens with zero attached hydrogens (tertiary/aromatic N) is 1. The second-order valence-electron chi connectivity index (χ2n) is 5.17. The highest BCUT2D eigenvalue weighted by molar-refractivity contribution is 14.1. The van der Waals surface area contributed by atoms with Crippen LogP contribution < -0.4 is 5.32 Å². The third kappa shape index (κ3) is 4.17. The van der Waals surface area contributed by atoms with Crippen LogP contribution in [0.25, 0.3) is 0 Å². The summed E-state index contributed by atoms with van der Waals surface area (Å²) in [5.74, 6) is 0.504. The number of nitro benzene ring substituents is 1. The van der Waals surface area contributed by atoms with Crippen molar-refractivity contribution in [2.45, 2.75) is 26.3 Å². The smallest absolute Gasteiger partial charge is 0.293 e. The first-order chi connectivity index (χ1) is 9.97. The van der Waals surface area contributed by atoms with Gasteiger partial charge in [0.15, 0.2) is 0 Å². The van der Waals surface area contributed by atoms with Gasteiger partial charge in [0, 0.05) is 16.2 Å². The van der Waals surface area contributed by atoms with Crippen molar-refractivity contribution in [1.29, 1.82) is 0 Å². The van der Waals surface area contributed by atoms with E-state index < -0.39 is 0 Å². The predicted molar refractivity (Wildman–Crippen MR) is 93.7 cm³/mol. The maximum atomic E-state index is 11.1. The van der Waals surface area contributed by atoms with Crippen LogP contribution in [0.4, 0.5) is 11.4 Å². The van der Waals surface area contributed by atoms with Crippen LogP contribution in [0.2, 0.25) is 0 Å². The molecule has 2 rings (SSSR count). The molecule has 2 aromatic carbocycles. The van der Waals surface area contributed by atoms with Gasteiger partial charge in [-0.1, -0.05) is 38.1 Å². The summed E-state index contributed by atoms with van der Waals surface area (Å²) in [5.41, 5.74) is 3.06. The summed E-state index contributed by atoms with van der Waals surface area (Å²) in [6.07, 6.45) is 0. The Balaban J connectivity index is 2.11. The van der Waals surface area contributed by atoms with Gasteiger partial charge in [0.05, 0.1) is 4.92 Å². The summed E-state index contributed by atoms with van der Waals surface area (Å²) < 4.78 is 0.853. The number of anilines is 1. The zero-order valence-electron chi connectivity index (χ0n) is 12.0. The fourth-order valence-corrected chi connectivity index (χ4v) is 2.50. The molecule has 110 valence electrons. The van der Waals surface area contributed by atoms with E-state index in [-0.39, 0.29) is 10.6 Å². The SMILES string of the molecule is CC(C)c1ccc(CNc2ccc(I)cc2[N+](=O)[O-])cc1. The lowest BCUT2D eigenvalue weighted by atomic mass is 10.0. The second-order valence-corrected chi connectivity index (χ2v) is 6.41. The lowest BCUT2D eigenvalue weighted by Gasteiger charge is -2.09. The Kier molecular flexibility index (Phi) is 5.17.